The van der Waals surface area contributed by atoms with Crippen LogP contribution in [0.4, 0.5) is 13.2 Å². The smallest absolute Gasteiger partial charge is 0.270 e. The van der Waals surface area contributed by atoms with Crippen LogP contribution in [0.25, 0.3) is 0 Å². The molecule has 2 nitrogen and oxygen atoms in total. The second-order valence-electron chi connectivity index (χ2n) is 4.88. The van der Waals surface area contributed by atoms with E-state index in [1.54, 1.807) is 16.9 Å². The van der Waals surface area contributed by atoms with Crippen molar-refractivity contribution in [3.63, 3.8) is 0 Å². The van der Waals surface area contributed by atoms with Gasteiger partial charge in [-0.1, -0.05) is 23.7 Å². The Hall–Kier alpha value is -1.49. The molecule has 108 valence electrons. The summed E-state index contributed by atoms with van der Waals surface area (Å²) in [6.45, 7) is 3.96. The van der Waals surface area contributed by atoms with E-state index in [1.807, 2.05) is 20.0 Å². The standard InChI is InChI=1S/C14H14ClF3N2/c1-9(2)20-8-10(7-19-20)6-11-4-3-5-12(13(11)15)14(16,17)18/h3-5,7-9H,6H2,1-2H3. The Morgan fingerprint density at radius 1 is 1.30 bits per heavy atom. The molecule has 0 aliphatic carbocycles. The molecule has 0 radical (unpaired) electrons. The van der Waals surface area contributed by atoms with Crippen LogP contribution in [0.1, 0.15) is 36.6 Å². The van der Waals surface area contributed by atoms with Crippen LogP contribution in [-0.2, 0) is 12.6 Å². The molecule has 1 aromatic carbocycles. The van der Waals surface area contributed by atoms with Crippen LogP contribution in [0, 0.1) is 0 Å². The summed E-state index contributed by atoms with van der Waals surface area (Å²) in [5, 5.41) is 3.93. The molecule has 0 aliphatic rings. The number of benzene rings is 1. The fourth-order valence-corrected chi connectivity index (χ4v) is 2.21. The summed E-state index contributed by atoms with van der Waals surface area (Å²) < 4.78 is 40.1. The van der Waals surface area contributed by atoms with Gasteiger partial charge in [-0.2, -0.15) is 18.3 Å². The van der Waals surface area contributed by atoms with E-state index in [4.69, 9.17) is 11.6 Å². The molecule has 1 aromatic heterocycles. The quantitative estimate of drug-likeness (QED) is 0.801. The molecule has 1 heterocycles. The highest BCUT2D eigenvalue weighted by Crippen LogP contribution is 2.36. The first-order valence-corrected chi connectivity index (χ1v) is 6.54. The summed E-state index contributed by atoms with van der Waals surface area (Å²) in [5.41, 5.74) is 0.484. The summed E-state index contributed by atoms with van der Waals surface area (Å²) in [7, 11) is 0. The van der Waals surface area contributed by atoms with Gasteiger partial charge in [-0.25, -0.2) is 0 Å². The molecule has 0 atom stereocenters. The first-order valence-electron chi connectivity index (χ1n) is 6.16. The highest BCUT2D eigenvalue weighted by Gasteiger charge is 2.33. The number of aromatic nitrogens is 2. The Morgan fingerprint density at radius 3 is 2.55 bits per heavy atom. The van der Waals surface area contributed by atoms with E-state index in [2.05, 4.69) is 5.10 Å². The normalized spacial score (nSPS) is 12.2. The minimum absolute atomic E-state index is 0.209. The molecule has 0 aliphatic heterocycles. The number of nitrogens with zero attached hydrogens (tertiary/aromatic N) is 2. The van der Waals surface area contributed by atoms with Crippen LogP contribution < -0.4 is 0 Å². The fourth-order valence-electron chi connectivity index (χ4n) is 1.91. The van der Waals surface area contributed by atoms with E-state index in [9.17, 15) is 13.2 Å². The lowest BCUT2D eigenvalue weighted by Gasteiger charge is -2.11. The van der Waals surface area contributed by atoms with Crippen molar-refractivity contribution >= 4 is 11.6 Å². The molecule has 6 heteroatoms. The SMILES string of the molecule is CC(C)n1cc(Cc2cccc(C(F)(F)F)c2Cl)cn1. The molecule has 0 saturated carbocycles. The van der Waals surface area contributed by atoms with E-state index < -0.39 is 11.7 Å². The van der Waals surface area contributed by atoms with Crippen molar-refractivity contribution in [2.75, 3.05) is 0 Å². The van der Waals surface area contributed by atoms with Gasteiger partial charge < -0.3 is 0 Å². The van der Waals surface area contributed by atoms with Gasteiger partial charge in [0.1, 0.15) is 0 Å². The van der Waals surface area contributed by atoms with Crippen molar-refractivity contribution in [3.8, 4) is 0 Å². The Morgan fingerprint density at radius 2 is 2.00 bits per heavy atom. The Kier molecular flexibility index (Phi) is 4.09. The molecule has 0 saturated heterocycles. The van der Waals surface area contributed by atoms with Crippen molar-refractivity contribution in [2.45, 2.75) is 32.5 Å². The van der Waals surface area contributed by atoms with Gasteiger partial charge in [0.2, 0.25) is 0 Å². The van der Waals surface area contributed by atoms with Gasteiger partial charge in [-0.15, -0.1) is 0 Å². The van der Waals surface area contributed by atoms with Gasteiger partial charge in [-0.3, -0.25) is 4.68 Å². The molecule has 0 spiro atoms. The molecule has 0 amide bonds. The summed E-state index contributed by atoms with van der Waals surface area (Å²) in [4.78, 5) is 0. The number of alkyl halides is 3. The highest BCUT2D eigenvalue weighted by atomic mass is 35.5. The Labute approximate surface area is 120 Å². The third kappa shape index (κ3) is 3.15. The van der Waals surface area contributed by atoms with Crippen molar-refractivity contribution in [3.05, 3.63) is 52.3 Å². The third-order valence-corrected chi connectivity index (χ3v) is 3.41. The van der Waals surface area contributed by atoms with Crippen molar-refractivity contribution < 1.29 is 13.2 Å². The molecule has 0 N–H and O–H groups in total. The molecule has 0 bridgehead atoms. The van der Waals surface area contributed by atoms with Crippen LogP contribution >= 0.6 is 11.6 Å². The zero-order valence-corrected chi connectivity index (χ0v) is 11.8. The molecular formula is C14H14ClF3N2. The van der Waals surface area contributed by atoms with Crippen LogP contribution in [0.15, 0.2) is 30.6 Å². The third-order valence-electron chi connectivity index (χ3n) is 2.96. The van der Waals surface area contributed by atoms with Crippen molar-refractivity contribution in [2.24, 2.45) is 0 Å². The first-order chi connectivity index (χ1) is 9.29. The number of hydrogen-bond acceptors (Lipinski definition) is 1. The summed E-state index contributed by atoms with van der Waals surface area (Å²) >= 11 is 5.87. The maximum atomic E-state index is 12.8. The Bertz CT molecular complexity index is 603. The molecule has 2 rings (SSSR count). The lowest BCUT2D eigenvalue weighted by Crippen LogP contribution is -2.07. The van der Waals surface area contributed by atoms with Crippen LogP contribution in [0.5, 0.6) is 0 Å². The average Bonchev–Trinajstić information content (AvgIpc) is 2.79. The topological polar surface area (TPSA) is 17.8 Å². The summed E-state index contributed by atoms with van der Waals surface area (Å²) in [6, 6.07) is 4.17. The predicted octanol–water partition coefficient (Wildman–Crippen LogP) is 4.73. The Balaban J connectivity index is 2.29. The van der Waals surface area contributed by atoms with Gasteiger partial charge >= 0.3 is 6.18 Å². The molecule has 20 heavy (non-hydrogen) atoms. The maximum Gasteiger partial charge on any atom is 0.417 e. The minimum Gasteiger partial charge on any atom is -0.270 e. The van der Waals surface area contributed by atoms with Crippen LogP contribution in [0.2, 0.25) is 5.02 Å². The number of hydrogen-bond donors (Lipinski definition) is 0. The molecular weight excluding hydrogens is 289 g/mol. The van der Waals surface area contributed by atoms with Gasteiger partial charge in [0.15, 0.2) is 0 Å². The second kappa shape index (κ2) is 5.48. The van der Waals surface area contributed by atoms with Gasteiger partial charge in [0.25, 0.3) is 0 Å². The largest absolute Gasteiger partial charge is 0.417 e. The van der Waals surface area contributed by atoms with Gasteiger partial charge in [0, 0.05) is 18.7 Å². The highest BCUT2D eigenvalue weighted by molar-refractivity contribution is 6.32. The summed E-state index contributed by atoms with van der Waals surface area (Å²) in [5.74, 6) is 0. The number of halogens is 4. The molecule has 0 unspecified atom stereocenters. The van der Waals surface area contributed by atoms with Crippen molar-refractivity contribution in [1.82, 2.24) is 9.78 Å². The van der Waals surface area contributed by atoms with Gasteiger partial charge in [-0.05, 0) is 31.0 Å². The molecule has 0 fully saturated rings. The average molecular weight is 303 g/mol. The zero-order valence-electron chi connectivity index (χ0n) is 11.1. The van der Waals surface area contributed by atoms with E-state index in [1.165, 1.54) is 6.07 Å². The maximum absolute atomic E-state index is 12.8. The summed E-state index contributed by atoms with van der Waals surface area (Å²) in [6.07, 6.45) is -0.636. The first kappa shape index (κ1) is 14.9. The van der Waals surface area contributed by atoms with Gasteiger partial charge in [0.05, 0.1) is 16.8 Å². The van der Waals surface area contributed by atoms with E-state index >= 15 is 0 Å². The second-order valence-corrected chi connectivity index (χ2v) is 5.25. The van der Waals surface area contributed by atoms with E-state index in [-0.39, 0.29) is 11.1 Å². The monoisotopic (exact) mass is 302 g/mol. The van der Waals surface area contributed by atoms with Crippen LogP contribution in [-0.4, -0.2) is 9.78 Å². The molecule has 2 aromatic rings. The zero-order chi connectivity index (χ0) is 14.9. The lowest BCUT2D eigenvalue weighted by molar-refractivity contribution is -0.137. The van der Waals surface area contributed by atoms with E-state index in [0.29, 0.717) is 12.0 Å². The van der Waals surface area contributed by atoms with E-state index in [0.717, 1.165) is 11.6 Å². The van der Waals surface area contributed by atoms with Crippen LogP contribution in [0.3, 0.4) is 0 Å². The minimum atomic E-state index is -4.44. The fraction of sp³-hybridized carbons (Fsp3) is 0.357. The lowest BCUT2D eigenvalue weighted by atomic mass is 10.0. The van der Waals surface area contributed by atoms with Crippen molar-refractivity contribution in [1.29, 1.82) is 0 Å². The number of rotatable bonds is 3. The predicted molar refractivity (Wildman–Crippen MR) is 71.9 cm³/mol.